The van der Waals surface area contributed by atoms with Crippen LogP contribution < -0.4 is 10.2 Å². The zero-order valence-electron chi connectivity index (χ0n) is 13.5. The van der Waals surface area contributed by atoms with E-state index in [9.17, 15) is 13.2 Å². The van der Waals surface area contributed by atoms with E-state index in [1.54, 1.807) is 0 Å². The van der Waals surface area contributed by atoms with E-state index < -0.39 is 19.2 Å². The maximum absolute atomic E-state index is 11.7. The molecule has 0 spiro atoms. The van der Waals surface area contributed by atoms with Crippen LogP contribution in [-0.2, 0) is 0 Å². The van der Waals surface area contributed by atoms with E-state index in [0.29, 0.717) is 0 Å². The van der Waals surface area contributed by atoms with Gasteiger partial charge in [0.2, 0.25) is 0 Å². The highest BCUT2D eigenvalue weighted by Gasteiger charge is 2.31. The molecule has 0 aromatic heterocycles. The maximum atomic E-state index is 11.7. The second kappa shape index (κ2) is 11.1. The summed E-state index contributed by atoms with van der Waals surface area (Å²) in [5.41, 5.74) is 1.40. The number of rotatable bonds is 2. The molecule has 0 saturated heterocycles. The standard InChI is InChI=1S/C7H6BF3O3.C7H7Br.C2H6/c9-7(10,11)14-6-3-1-5(2-4-6)8(12)13;1-6-2-4-7(8)5-3-6;1-2/h1-4,12-13H;2-5H,1H3;1-2H3. The van der Waals surface area contributed by atoms with Crippen LogP contribution >= 0.6 is 15.9 Å². The van der Waals surface area contributed by atoms with Crippen molar-refractivity contribution in [3.8, 4) is 5.75 Å². The lowest BCUT2D eigenvalue weighted by molar-refractivity contribution is -0.274. The van der Waals surface area contributed by atoms with E-state index in [0.717, 1.165) is 28.7 Å². The summed E-state index contributed by atoms with van der Waals surface area (Å²) in [5, 5.41) is 17.3. The minimum absolute atomic E-state index is 0.0968. The van der Waals surface area contributed by atoms with Crippen LogP contribution in [-0.4, -0.2) is 23.5 Å². The lowest BCUT2D eigenvalue weighted by atomic mass is 9.80. The van der Waals surface area contributed by atoms with Crippen LogP contribution in [0.1, 0.15) is 19.4 Å². The van der Waals surface area contributed by atoms with Gasteiger partial charge < -0.3 is 14.8 Å². The first-order valence-electron chi connectivity index (χ1n) is 7.11. The molecule has 24 heavy (non-hydrogen) atoms. The lowest BCUT2D eigenvalue weighted by Crippen LogP contribution is -2.29. The average Bonchev–Trinajstić information content (AvgIpc) is 2.52. The summed E-state index contributed by atoms with van der Waals surface area (Å²) in [6.45, 7) is 6.08. The topological polar surface area (TPSA) is 49.7 Å². The summed E-state index contributed by atoms with van der Waals surface area (Å²) in [4.78, 5) is 0. The zero-order valence-corrected chi connectivity index (χ0v) is 15.1. The van der Waals surface area contributed by atoms with Crippen molar-refractivity contribution in [2.75, 3.05) is 0 Å². The van der Waals surface area contributed by atoms with Crippen LogP contribution in [0.25, 0.3) is 0 Å². The van der Waals surface area contributed by atoms with Gasteiger partial charge in [-0.25, -0.2) is 0 Å². The molecule has 132 valence electrons. The largest absolute Gasteiger partial charge is 0.573 e. The molecule has 0 heterocycles. The average molecular weight is 407 g/mol. The first kappa shape index (κ1) is 22.5. The van der Waals surface area contributed by atoms with Gasteiger partial charge in [0.25, 0.3) is 0 Å². The van der Waals surface area contributed by atoms with Crippen LogP contribution in [0.15, 0.2) is 53.0 Å². The third-order valence-corrected chi connectivity index (χ3v) is 2.95. The summed E-state index contributed by atoms with van der Waals surface area (Å²) in [7, 11) is -1.70. The first-order chi connectivity index (χ1) is 11.2. The molecule has 0 saturated carbocycles. The third kappa shape index (κ3) is 10.3. The number of hydrogen-bond donors (Lipinski definition) is 2. The molecule has 0 aliphatic carbocycles. The fraction of sp³-hybridized carbons (Fsp3) is 0.250. The van der Waals surface area contributed by atoms with Gasteiger partial charge in [-0.15, -0.1) is 13.2 Å². The van der Waals surface area contributed by atoms with E-state index in [1.807, 2.05) is 26.0 Å². The van der Waals surface area contributed by atoms with Gasteiger partial charge >= 0.3 is 13.5 Å². The minimum Gasteiger partial charge on any atom is -0.423 e. The molecule has 0 radical (unpaired) electrons. The van der Waals surface area contributed by atoms with Gasteiger partial charge in [0, 0.05) is 4.47 Å². The van der Waals surface area contributed by atoms with Crippen LogP contribution in [0.3, 0.4) is 0 Å². The second-order valence-corrected chi connectivity index (χ2v) is 5.20. The van der Waals surface area contributed by atoms with Crippen molar-refractivity contribution >= 4 is 28.5 Å². The molecule has 0 unspecified atom stereocenters. The number of alkyl halides is 3. The molecule has 2 rings (SSSR count). The molecule has 0 fully saturated rings. The summed E-state index contributed by atoms with van der Waals surface area (Å²) >= 11 is 3.35. The molecular weight excluding hydrogens is 388 g/mol. The molecule has 2 aromatic carbocycles. The highest BCUT2D eigenvalue weighted by Crippen LogP contribution is 2.21. The van der Waals surface area contributed by atoms with Gasteiger partial charge in [0.1, 0.15) is 5.75 Å². The van der Waals surface area contributed by atoms with E-state index in [2.05, 4.69) is 39.7 Å². The molecule has 0 aliphatic rings. The number of halogens is 4. The Labute approximate surface area is 148 Å². The van der Waals surface area contributed by atoms with Crippen molar-refractivity contribution in [1.82, 2.24) is 0 Å². The minimum atomic E-state index is -4.74. The molecule has 3 nitrogen and oxygen atoms in total. The quantitative estimate of drug-likeness (QED) is 0.739. The van der Waals surface area contributed by atoms with Crippen LogP contribution in [0.5, 0.6) is 5.75 Å². The van der Waals surface area contributed by atoms with Crippen molar-refractivity contribution < 1.29 is 28.0 Å². The Balaban J connectivity index is 0.000000447. The normalized spacial score (nSPS) is 9.88. The second-order valence-electron chi connectivity index (χ2n) is 4.29. The summed E-state index contributed by atoms with van der Waals surface area (Å²) in [6.07, 6.45) is -4.74. The Morgan fingerprint density at radius 2 is 1.38 bits per heavy atom. The van der Waals surface area contributed by atoms with E-state index in [4.69, 9.17) is 10.0 Å². The van der Waals surface area contributed by atoms with Crippen LogP contribution in [0.2, 0.25) is 0 Å². The predicted octanol–water partition coefficient (Wildman–Crippen LogP) is 4.05. The highest BCUT2D eigenvalue weighted by molar-refractivity contribution is 9.10. The highest BCUT2D eigenvalue weighted by atomic mass is 79.9. The van der Waals surface area contributed by atoms with Gasteiger partial charge in [-0.05, 0) is 36.7 Å². The van der Waals surface area contributed by atoms with Gasteiger partial charge in [-0.1, -0.05) is 59.6 Å². The molecule has 0 atom stereocenters. The molecule has 8 heteroatoms. The Morgan fingerprint density at radius 1 is 0.917 bits per heavy atom. The van der Waals surface area contributed by atoms with Gasteiger partial charge in [-0.2, -0.15) is 0 Å². The number of hydrogen-bond acceptors (Lipinski definition) is 3. The third-order valence-electron chi connectivity index (χ3n) is 2.42. The zero-order chi connectivity index (χ0) is 18.8. The Bertz CT molecular complexity index is 552. The molecule has 0 amide bonds. The van der Waals surface area contributed by atoms with Crippen molar-refractivity contribution in [2.24, 2.45) is 0 Å². The fourth-order valence-electron chi connectivity index (χ4n) is 1.37. The summed E-state index contributed by atoms with van der Waals surface area (Å²) < 4.78 is 39.8. The number of aryl methyl sites for hydroxylation is 1. The summed E-state index contributed by atoms with van der Waals surface area (Å²) in [5.74, 6) is -0.401. The number of benzene rings is 2. The SMILES string of the molecule is CC.Cc1ccc(Br)cc1.OB(O)c1ccc(OC(F)(F)F)cc1. The Hall–Kier alpha value is -1.51. The van der Waals surface area contributed by atoms with E-state index in [-0.39, 0.29) is 5.46 Å². The molecule has 0 aliphatic heterocycles. The van der Waals surface area contributed by atoms with Gasteiger partial charge in [0.15, 0.2) is 0 Å². The molecular formula is C16H19BBrF3O3. The van der Waals surface area contributed by atoms with E-state index >= 15 is 0 Å². The predicted molar refractivity (Wildman–Crippen MR) is 93.2 cm³/mol. The first-order valence-corrected chi connectivity index (χ1v) is 7.90. The summed E-state index contributed by atoms with van der Waals surface area (Å²) in [6, 6.07) is 12.5. The van der Waals surface area contributed by atoms with Crippen molar-refractivity contribution in [1.29, 1.82) is 0 Å². The number of ether oxygens (including phenoxy) is 1. The lowest BCUT2D eigenvalue weighted by Gasteiger charge is -2.08. The van der Waals surface area contributed by atoms with Crippen molar-refractivity contribution in [3.63, 3.8) is 0 Å². The Morgan fingerprint density at radius 3 is 1.71 bits per heavy atom. The van der Waals surface area contributed by atoms with Crippen molar-refractivity contribution in [2.45, 2.75) is 27.1 Å². The van der Waals surface area contributed by atoms with Crippen LogP contribution in [0, 0.1) is 6.92 Å². The molecule has 2 aromatic rings. The molecule has 2 N–H and O–H groups in total. The molecule has 0 bridgehead atoms. The monoisotopic (exact) mass is 406 g/mol. The smallest absolute Gasteiger partial charge is 0.423 e. The maximum Gasteiger partial charge on any atom is 0.573 e. The Kier molecular flexibility index (Phi) is 10.4. The van der Waals surface area contributed by atoms with Gasteiger partial charge in [-0.3, -0.25) is 0 Å². The van der Waals surface area contributed by atoms with Crippen LogP contribution in [0.4, 0.5) is 13.2 Å². The van der Waals surface area contributed by atoms with E-state index in [1.165, 1.54) is 5.56 Å². The van der Waals surface area contributed by atoms with Gasteiger partial charge in [0.05, 0.1) is 0 Å². The fourth-order valence-corrected chi connectivity index (χ4v) is 1.64. The van der Waals surface area contributed by atoms with Crippen molar-refractivity contribution in [3.05, 3.63) is 58.6 Å².